The smallest absolute Gasteiger partial charge is 0.231 e. The standard InChI is InChI=1S/C16H25N3O2/c1-11(2)14(15(17)19-21)16(20)18-10-9-12(3)13-7-5-4-6-8-13/h4-8,11-12,14,21H,9-10H2,1-3H3,(H2,17,19)(H,18,20). The van der Waals surface area contributed by atoms with Crippen molar-refractivity contribution in [2.75, 3.05) is 6.54 Å². The summed E-state index contributed by atoms with van der Waals surface area (Å²) in [4.78, 5) is 12.1. The van der Waals surface area contributed by atoms with Crippen LogP contribution in [-0.2, 0) is 4.79 Å². The first-order valence-corrected chi connectivity index (χ1v) is 7.27. The highest BCUT2D eigenvalue weighted by atomic mass is 16.4. The van der Waals surface area contributed by atoms with Crippen molar-refractivity contribution in [2.45, 2.75) is 33.1 Å². The quantitative estimate of drug-likeness (QED) is 0.312. The highest BCUT2D eigenvalue weighted by Crippen LogP contribution is 2.18. The van der Waals surface area contributed by atoms with Crippen LogP contribution in [0.4, 0.5) is 0 Å². The molecule has 2 unspecified atom stereocenters. The zero-order valence-electron chi connectivity index (χ0n) is 12.9. The Hall–Kier alpha value is -2.04. The van der Waals surface area contributed by atoms with Crippen molar-refractivity contribution in [3.63, 3.8) is 0 Å². The molecule has 1 amide bonds. The molecule has 2 atom stereocenters. The van der Waals surface area contributed by atoms with Crippen LogP contribution < -0.4 is 11.1 Å². The molecule has 0 aliphatic rings. The van der Waals surface area contributed by atoms with Gasteiger partial charge in [-0.2, -0.15) is 0 Å². The molecule has 5 nitrogen and oxygen atoms in total. The van der Waals surface area contributed by atoms with Crippen molar-refractivity contribution in [1.82, 2.24) is 5.32 Å². The third-order valence-electron chi connectivity index (χ3n) is 3.63. The topological polar surface area (TPSA) is 87.7 Å². The second kappa shape index (κ2) is 8.29. The molecule has 0 saturated heterocycles. The Morgan fingerprint density at radius 1 is 1.29 bits per heavy atom. The summed E-state index contributed by atoms with van der Waals surface area (Å²) in [6, 6.07) is 10.2. The summed E-state index contributed by atoms with van der Waals surface area (Å²) < 4.78 is 0. The number of hydrogen-bond acceptors (Lipinski definition) is 3. The van der Waals surface area contributed by atoms with Gasteiger partial charge in [0.25, 0.3) is 0 Å². The second-order valence-electron chi connectivity index (χ2n) is 5.64. The van der Waals surface area contributed by atoms with E-state index in [9.17, 15) is 4.79 Å². The fraction of sp³-hybridized carbons (Fsp3) is 0.500. The molecule has 0 spiro atoms. The van der Waals surface area contributed by atoms with Crippen LogP contribution in [0.5, 0.6) is 0 Å². The van der Waals surface area contributed by atoms with E-state index in [0.29, 0.717) is 12.5 Å². The molecule has 1 rings (SSSR count). The first-order chi connectivity index (χ1) is 9.97. The summed E-state index contributed by atoms with van der Waals surface area (Å²) in [5.74, 6) is -0.485. The first-order valence-electron chi connectivity index (χ1n) is 7.27. The summed E-state index contributed by atoms with van der Waals surface area (Å²) in [5, 5.41) is 14.6. The zero-order valence-corrected chi connectivity index (χ0v) is 12.9. The van der Waals surface area contributed by atoms with Gasteiger partial charge < -0.3 is 16.3 Å². The lowest BCUT2D eigenvalue weighted by Gasteiger charge is -2.19. The molecule has 5 heteroatoms. The molecule has 0 bridgehead atoms. The van der Waals surface area contributed by atoms with Crippen LogP contribution in [-0.4, -0.2) is 23.5 Å². The number of benzene rings is 1. The largest absolute Gasteiger partial charge is 0.409 e. The first kappa shape index (κ1) is 17.0. The van der Waals surface area contributed by atoms with Crippen molar-refractivity contribution in [2.24, 2.45) is 22.7 Å². The number of carbonyl (C=O) groups excluding carboxylic acids is 1. The predicted molar refractivity (Wildman–Crippen MR) is 84.2 cm³/mol. The number of hydrogen-bond donors (Lipinski definition) is 3. The van der Waals surface area contributed by atoms with Crippen LogP contribution >= 0.6 is 0 Å². The molecule has 0 aliphatic heterocycles. The van der Waals surface area contributed by atoms with Crippen molar-refractivity contribution in [1.29, 1.82) is 0 Å². The molecule has 0 heterocycles. The maximum absolute atomic E-state index is 12.1. The fourth-order valence-corrected chi connectivity index (χ4v) is 2.31. The van der Waals surface area contributed by atoms with Gasteiger partial charge in [-0.05, 0) is 23.8 Å². The molecule has 1 aromatic carbocycles. The van der Waals surface area contributed by atoms with Gasteiger partial charge in [-0.15, -0.1) is 0 Å². The molecule has 0 aromatic heterocycles. The van der Waals surface area contributed by atoms with Gasteiger partial charge in [0.15, 0.2) is 5.84 Å². The summed E-state index contributed by atoms with van der Waals surface area (Å²) in [5.41, 5.74) is 6.83. The fourth-order valence-electron chi connectivity index (χ4n) is 2.31. The Morgan fingerprint density at radius 3 is 2.43 bits per heavy atom. The predicted octanol–water partition coefficient (Wildman–Crippen LogP) is 2.32. The van der Waals surface area contributed by atoms with Gasteiger partial charge in [0.05, 0.1) is 0 Å². The van der Waals surface area contributed by atoms with Crippen LogP contribution in [0.15, 0.2) is 35.5 Å². The Labute approximate surface area is 126 Å². The molecule has 1 aromatic rings. The van der Waals surface area contributed by atoms with Gasteiger partial charge >= 0.3 is 0 Å². The minimum absolute atomic E-state index is 0.0209. The third-order valence-corrected chi connectivity index (χ3v) is 3.63. The average Bonchev–Trinajstić information content (AvgIpc) is 2.47. The normalized spacial score (nSPS) is 14.8. The number of rotatable bonds is 7. The molecule has 0 aliphatic carbocycles. The number of amides is 1. The minimum Gasteiger partial charge on any atom is -0.409 e. The van der Waals surface area contributed by atoms with Crippen LogP contribution in [0.2, 0.25) is 0 Å². The van der Waals surface area contributed by atoms with Crippen molar-refractivity contribution in [3.8, 4) is 0 Å². The van der Waals surface area contributed by atoms with E-state index in [1.807, 2.05) is 32.0 Å². The lowest BCUT2D eigenvalue weighted by Crippen LogP contribution is -2.42. The molecule has 0 saturated carbocycles. The van der Waals surface area contributed by atoms with Gasteiger partial charge in [-0.1, -0.05) is 56.3 Å². The van der Waals surface area contributed by atoms with Crippen molar-refractivity contribution < 1.29 is 10.0 Å². The molecular weight excluding hydrogens is 266 g/mol. The van der Waals surface area contributed by atoms with Gasteiger partial charge in [0.1, 0.15) is 5.92 Å². The summed E-state index contributed by atoms with van der Waals surface area (Å²) in [6.07, 6.45) is 0.844. The Bertz CT molecular complexity index is 472. The van der Waals surface area contributed by atoms with Gasteiger partial charge in [0, 0.05) is 6.54 Å². The zero-order chi connectivity index (χ0) is 15.8. The van der Waals surface area contributed by atoms with Gasteiger partial charge in [-0.3, -0.25) is 4.79 Å². The number of nitrogens with zero attached hydrogens (tertiary/aromatic N) is 1. The SMILES string of the molecule is CC(CCNC(=O)C(C(N)=NO)C(C)C)c1ccccc1. The lowest BCUT2D eigenvalue weighted by atomic mass is 9.93. The highest BCUT2D eigenvalue weighted by molar-refractivity contribution is 6.02. The molecule has 116 valence electrons. The van der Waals surface area contributed by atoms with E-state index < -0.39 is 5.92 Å². The van der Waals surface area contributed by atoms with E-state index in [1.165, 1.54) is 5.56 Å². The summed E-state index contributed by atoms with van der Waals surface area (Å²) >= 11 is 0. The number of nitrogens with one attached hydrogen (secondary N) is 1. The van der Waals surface area contributed by atoms with Gasteiger partial charge in [0.2, 0.25) is 5.91 Å². The summed E-state index contributed by atoms with van der Waals surface area (Å²) in [6.45, 7) is 6.44. The molecule has 21 heavy (non-hydrogen) atoms. The lowest BCUT2D eigenvalue weighted by molar-refractivity contribution is -0.124. The van der Waals surface area contributed by atoms with Crippen LogP contribution in [0, 0.1) is 11.8 Å². The van der Waals surface area contributed by atoms with Gasteiger partial charge in [-0.25, -0.2) is 0 Å². The number of nitrogens with two attached hydrogens (primary N) is 1. The van der Waals surface area contributed by atoms with Crippen LogP contribution in [0.25, 0.3) is 0 Å². The average molecular weight is 291 g/mol. The Morgan fingerprint density at radius 2 is 1.90 bits per heavy atom. The van der Waals surface area contributed by atoms with E-state index in [-0.39, 0.29) is 17.7 Å². The summed E-state index contributed by atoms with van der Waals surface area (Å²) in [7, 11) is 0. The van der Waals surface area contributed by atoms with Crippen LogP contribution in [0.1, 0.15) is 38.7 Å². The Kier molecular flexibility index (Phi) is 6.72. The van der Waals surface area contributed by atoms with E-state index in [0.717, 1.165) is 6.42 Å². The molecule has 0 radical (unpaired) electrons. The number of amidine groups is 1. The minimum atomic E-state index is -0.595. The monoisotopic (exact) mass is 291 g/mol. The van der Waals surface area contributed by atoms with E-state index in [2.05, 4.69) is 29.5 Å². The Balaban J connectivity index is 2.49. The van der Waals surface area contributed by atoms with E-state index in [1.54, 1.807) is 0 Å². The second-order valence-corrected chi connectivity index (χ2v) is 5.64. The molecule has 0 fully saturated rings. The molecular formula is C16H25N3O2. The molecule has 4 N–H and O–H groups in total. The van der Waals surface area contributed by atoms with E-state index in [4.69, 9.17) is 10.9 Å². The van der Waals surface area contributed by atoms with Crippen LogP contribution in [0.3, 0.4) is 0 Å². The number of carbonyl (C=O) groups is 1. The van der Waals surface area contributed by atoms with Crippen molar-refractivity contribution in [3.05, 3.63) is 35.9 Å². The third kappa shape index (κ3) is 5.10. The van der Waals surface area contributed by atoms with E-state index >= 15 is 0 Å². The maximum atomic E-state index is 12.1. The maximum Gasteiger partial charge on any atom is 0.231 e. The number of oxime groups is 1. The van der Waals surface area contributed by atoms with Crippen molar-refractivity contribution >= 4 is 11.7 Å². The highest BCUT2D eigenvalue weighted by Gasteiger charge is 2.26.